The fraction of sp³-hybridized carbons (Fsp3) is 0.435. The largest absolute Gasteiger partial charge is 0.493 e. The van der Waals surface area contributed by atoms with E-state index in [1.807, 2.05) is 0 Å². The van der Waals surface area contributed by atoms with Crippen LogP contribution in [0, 0.1) is 6.92 Å². The van der Waals surface area contributed by atoms with Gasteiger partial charge in [-0.3, -0.25) is 0 Å². The summed E-state index contributed by atoms with van der Waals surface area (Å²) in [7, 11) is 1.52. The number of ether oxygens (including phenoxy) is 4. The van der Waals surface area contributed by atoms with E-state index in [-0.39, 0.29) is 24.2 Å². The summed E-state index contributed by atoms with van der Waals surface area (Å²) in [5.74, 6) is 1.60. The third-order valence-corrected chi connectivity index (χ3v) is 5.38. The van der Waals surface area contributed by atoms with E-state index in [1.165, 1.54) is 7.11 Å². The molecule has 3 aromatic rings. The first-order valence-corrected chi connectivity index (χ1v) is 10.9. The van der Waals surface area contributed by atoms with E-state index in [2.05, 4.69) is 20.3 Å². The topological polar surface area (TPSA) is 114 Å². The van der Waals surface area contributed by atoms with Gasteiger partial charge in [-0.15, -0.1) is 0 Å². The van der Waals surface area contributed by atoms with E-state index in [0.717, 1.165) is 12.1 Å². The molecule has 1 aliphatic rings. The predicted molar refractivity (Wildman–Crippen MR) is 123 cm³/mol. The monoisotopic (exact) mass is 493 g/mol. The lowest BCUT2D eigenvalue weighted by molar-refractivity contribution is -0.137. The van der Waals surface area contributed by atoms with Crippen molar-refractivity contribution in [2.24, 2.45) is 0 Å². The molecule has 1 atom stereocenters. The van der Waals surface area contributed by atoms with Crippen molar-refractivity contribution in [2.75, 3.05) is 44.6 Å². The molecule has 0 radical (unpaired) electrons. The average molecular weight is 493 g/mol. The van der Waals surface area contributed by atoms with Gasteiger partial charge in [-0.05, 0) is 32.0 Å². The van der Waals surface area contributed by atoms with E-state index >= 15 is 0 Å². The number of benzene rings is 1. The lowest BCUT2D eigenvalue weighted by Crippen LogP contribution is -2.37. The fourth-order valence-electron chi connectivity index (χ4n) is 3.55. The molecule has 1 aromatic carbocycles. The van der Waals surface area contributed by atoms with Crippen LogP contribution in [0.2, 0.25) is 0 Å². The van der Waals surface area contributed by atoms with Crippen molar-refractivity contribution in [1.82, 2.24) is 15.0 Å². The Morgan fingerprint density at radius 3 is 2.54 bits per heavy atom. The Kier molecular flexibility index (Phi) is 7.13. The van der Waals surface area contributed by atoms with Gasteiger partial charge in [-0.25, -0.2) is 15.0 Å². The molecule has 4 rings (SSSR count). The van der Waals surface area contributed by atoms with E-state index in [1.54, 1.807) is 26.0 Å². The van der Waals surface area contributed by atoms with Gasteiger partial charge in [0.25, 0.3) is 0 Å². The molecular weight excluding hydrogens is 467 g/mol. The second-order valence-corrected chi connectivity index (χ2v) is 8.09. The maximum atomic E-state index is 13.2. The van der Waals surface area contributed by atoms with Crippen molar-refractivity contribution in [3.05, 3.63) is 41.3 Å². The zero-order chi connectivity index (χ0) is 25.2. The molecule has 3 N–H and O–H groups in total. The second-order valence-electron chi connectivity index (χ2n) is 8.09. The first-order valence-electron chi connectivity index (χ1n) is 10.9. The standard InChI is InChI=1S/C23H26F3N5O4/c1-12(17-6-14(23(24,25)26)7-21(27)31-17)28-22-16-8-20(35-5-4-34-15-10-33-11-15)19(32-3)9-18(16)29-13(2)30-22/h6-9,12,15H,4-5,10-11H2,1-3H3,(H2,27,31)(H,28,29,30)/t12-/m1/s1. The Balaban J connectivity index is 1.60. The van der Waals surface area contributed by atoms with Crippen LogP contribution in [-0.2, 0) is 15.7 Å². The van der Waals surface area contributed by atoms with Crippen LogP contribution in [0.5, 0.6) is 11.5 Å². The van der Waals surface area contributed by atoms with Gasteiger partial charge in [0.05, 0.1) is 49.7 Å². The molecule has 2 aromatic heterocycles. The Hall–Kier alpha value is -3.38. The van der Waals surface area contributed by atoms with E-state index < -0.39 is 17.8 Å². The number of anilines is 2. The van der Waals surface area contributed by atoms with Crippen LogP contribution in [0.3, 0.4) is 0 Å². The third kappa shape index (κ3) is 5.82. The molecule has 0 bridgehead atoms. The molecule has 12 heteroatoms. The number of alkyl halides is 3. The van der Waals surface area contributed by atoms with E-state index in [0.29, 0.717) is 53.9 Å². The number of nitrogen functional groups attached to an aromatic ring is 1. The number of halogens is 3. The molecule has 1 fully saturated rings. The Labute approximate surface area is 199 Å². The summed E-state index contributed by atoms with van der Waals surface area (Å²) < 4.78 is 61.8. The smallest absolute Gasteiger partial charge is 0.416 e. The second kappa shape index (κ2) is 10.1. The van der Waals surface area contributed by atoms with Gasteiger partial charge < -0.3 is 30.0 Å². The van der Waals surface area contributed by atoms with Crippen LogP contribution in [0.1, 0.15) is 30.0 Å². The number of nitrogens with two attached hydrogens (primary N) is 1. The molecule has 1 aliphatic heterocycles. The van der Waals surface area contributed by atoms with Gasteiger partial charge >= 0.3 is 6.18 Å². The fourth-order valence-corrected chi connectivity index (χ4v) is 3.55. The molecule has 0 aliphatic carbocycles. The van der Waals surface area contributed by atoms with Crippen molar-refractivity contribution < 1.29 is 32.1 Å². The van der Waals surface area contributed by atoms with Crippen molar-refractivity contribution in [3.8, 4) is 11.5 Å². The number of nitrogens with zero attached hydrogens (tertiary/aromatic N) is 3. The number of fused-ring (bicyclic) bond motifs is 1. The minimum absolute atomic E-state index is 0.0873. The normalized spacial score (nSPS) is 15.0. The molecule has 0 amide bonds. The average Bonchev–Trinajstić information content (AvgIpc) is 2.76. The van der Waals surface area contributed by atoms with Gasteiger partial charge in [-0.1, -0.05) is 0 Å². The number of hydrogen-bond acceptors (Lipinski definition) is 9. The summed E-state index contributed by atoms with van der Waals surface area (Å²) in [5.41, 5.74) is 5.47. The molecule has 188 valence electrons. The lowest BCUT2D eigenvalue weighted by Gasteiger charge is -2.26. The van der Waals surface area contributed by atoms with Gasteiger partial charge in [0, 0.05) is 11.5 Å². The highest BCUT2D eigenvalue weighted by Gasteiger charge is 2.32. The molecule has 1 saturated heterocycles. The number of aryl methyl sites for hydroxylation is 1. The molecule has 0 saturated carbocycles. The van der Waals surface area contributed by atoms with E-state index in [4.69, 9.17) is 24.7 Å². The Bertz CT molecular complexity index is 1200. The van der Waals surface area contributed by atoms with Gasteiger partial charge in [0.15, 0.2) is 11.5 Å². The molecule has 0 spiro atoms. The zero-order valence-electron chi connectivity index (χ0n) is 19.5. The molecule has 3 heterocycles. The van der Waals surface area contributed by atoms with Gasteiger partial charge in [0.2, 0.25) is 0 Å². The summed E-state index contributed by atoms with van der Waals surface area (Å²) >= 11 is 0. The third-order valence-electron chi connectivity index (χ3n) is 5.38. The summed E-state index contributed by atoms with van der Waals surface area (Å²) in [4.78, 5) is 13.0. The summed E-state index contributed by atoms with van der Waals surface area (Å²) in [5, 5.41) is 3.74. The molecule has 0 unspecified atom stereocenters. The first-order chi connectivity index (χ1) is 16.6. The lowest BCUT2D eigenvalue weighted by atomic mass is 10.1. The predicted octanol–water partition coefficient (Wildman–Crippen LogP) is 3.91. The number of hydrogen-bond donors (Lipinski definition) is 2. The zero-order valence-corrected chi connectivity index (χ0v) is 19.5. The quantitative estimate of drug-likeness (QED) is 0.428. The highest BCUT2D eigenvalue weighted by atomic mass is 19.4. The number of rotatable bonds is 9. The molecule has 9 nitrogen and oxygen atoms in total. The highest BCUT2D eigenvalue weighted by molar-refractivity contribution is 5.92. The maximum Gasteiger partial charge on any atom is 0.416 e. The minimum atomic E-state index is -4.54. The van der Waals surface area contributed by atoms with Crippen LogP contribution in [-0.4, -0.2) is 54.6 Å². The van der Waals surface area contributed by atoms with E-state index in [9.17, 15) is 13.2 Å². The number of nitrogens with one attached hydrogen (secondary N) is 1. The first kappa shape index (κ1) is 24.7. The highest BCUT2D eigenvalue weighted by Crippen LogP contribution is 2.36. The maximum absolute atomic E-state index is 13.2. The van der Waals surface area contributed by atoms with Crippen LogP contribution in [0.15, 0.2) is 24.3 Å². The molecular formula is C23H26F3N5O4. The van der Waals surface area contributed by atoms with Gasteiger partial charge in [0.1, 0.15) is 30.2 Å². The number of aromatic nitrogens is 3. The molecule has 35 heavy (non-hydrogen) atoms. The van der Waals surface area contributed by atoms with Crippen LogP contribution in [0.4, 0.5) is 24.8 Å². The number of methoxy groups -OCH3 is 1. The summed E-state index contributed by atoms with van der Waals surface area (Å²) in [6, 6.07) is 4.58. The van der Waals surface area contributed by atoms with Crippen LogP contribution < -0.4 is 20.5 Å². The Morgan fingerprint density at radius 2 is 1.89 bits per heavy atom. The number of pyridine rings is 1. The Morgan fingerprint density at radius 1 is 1.11 bits per heavy atom. The van der Waals surface area contributed by atoms with Crippen LogP contribution in [0.25, 0.3) is 10.9 Å². The summed E-state index contributed by atoms with van der Waals surface area (Å²) in [6.07, 6.45) is -4.45. The van der Waals surface area contributed by atoms with Crippen molar-refractivity contribution in [3.63, 3.8) is 0 Å². The van der Waals surface area contributed by atoms with Crippen LogP contribution >= 0.6 is 0 Å². The van der Waals surface area contributed by atoms with Crippen molar-refractivity contribution in [2.45, 2.75) is 32.2 Å². The minimum Gasteiger partial charge on any atom is -0.493 e. The van der Waals surface area contributed by atoms with Gasteiger partial charge in [-0.2, -0.15) is 13.2 Å². The van der Waals surface area contributed by atoms with Crippen molar-refractivity contribution in [1.29, 1.82) is 0 Å². The van der Waals surface area contributed by atoms with Crippen molar-refractivity contribution >= 4 is 22.5 Å². The summed E-state index contributed by atoms with van der Waals surface area (Å²) in [6.45, 7) is 5.22. The SMILES string of the molecule is COc1cc2nc(C)nc(N[C@H](C)c3cc(C(F)(F)F)cc(N)n3)c2cc1OCCOC1COC1.